The van der Waals surface area contributed by atoms with Gasteiger partial charge in [0.15, 0.2) is 0 Å². The number of sulfonamides is 1. The average molecular weight is 593 g/mol. The average Bonchev–Trinajstić information content (AvgIpc) is 3.32. The molecule has 0 unspecified atom stereocenters. The minimum atomic E-state index is -3.76. The molecule has 7 nitrogen and oxygen atoms in total. The molecule has 0 bridgehead atoms. The van der Waals surface area contributed by atoms with Crippen LogP contribution < -0.4 is 9.62 Å². The first-order valence-electron chi connectivity index (χ1n) is 12.7. The fourth-order valence-corrected chi connectivity index (χ4v) is 5.84. The van der Waals surface area contributed by atoms with E-state index in [9.17, 15) is 18.0 Å². The van der Waals surface area contributed by atoms with Gasteiger partial charge in [0, 0.05) is 17.1 Å². The Bertz CT molecular complexity index is 1200. The number of nitrogens with zero attached hydrogens (tertiary/aromatic N) is 2. The summed E-state index contributed by atoms with van der Waals surface area (Å²) in [6.45, 7) is 7.72. The summed E-state index contributed by atoms with van der Waals surface area (Å²) in [5.74, 6) is -0.671. The van der Waals surface area contributed by atoms with Crippen molar-refractivity contribution in [1.29, 1.82) is 0 Å². The number of amides is 2. The number of rotatable bonds is 9. The molecule has 9 heteroatoms. The van der Waals surface area contributed by atoms with E-state index in [1.165, 1.54) is 4.90 Å². The first-order chi connectivity index (χ1) is 17.3. The number of benzene rings is 2. The minimum Gasteiger partial charge on any atom is -0.352 e. The molecule has 0 radical (unpaired) electrons. The van der Waals surface area contributed by atoms with E-state index in [0.717, 1.165) is 51.8 Å². The van der Waals surface area contributed by atoms with E-state index in [4.69, 9.17) is 0 Å². The van der Waals surface area contributed by atoms with Crippen molar-refractivity contribution in [1.82, 2.24) is 10.2 Å². The van der Waals surface area contributed by atoms with Gasteiger partial charge in [-0.05, 0) is 60.6 Å². The molecular formula is C28H38BrN3O4S. The zero-order chi connectivity index (χ0) is 27.4. The van der Waals surface area contributed by atoms with Gasteiger partial charge in [-0.1, -0.05) is 73.8 Å². The van der Waals surface area contributed by atoms with Gasteiger partial charge < -0.3 is 10.2 Å². The topological polar surface area (TPSA) is 86.8 Å². The van der Waals surface area contributed by atoms with Crippen molar-refractivity contribution in [3.8, 4) is 0 Å². The lowest BCUT2D eigenvalue weighted by molar-refractivity contribution is -0.139. The van der Waals surface area contributed by atoms with Gasteiger partial charge in [0.25, 0.3) is 0 Å². The summed E-state index contributed by atoms with van der Waals surface area (Å²) < 4.78 is 27.5. The summed E-state index contributed by atoms with van der Waals surface area (Å²) in [6.07, 6.45) is 5.12. The molecule has 0 aliphatic heterocycles. The van der Waals surface area contributed by atoms with Gasteiger partial charge in [0.05, 0.1) is 11.9 Å². The van der Waals surface area contributed by atoms with Gasteiger partial charge in [0.1, 0.15) is 12.6 Å². The summed E-state index contributed by atoms with van der Waals surface area (Å²) in [6, 6.07) is 14.1. The Labute approximate surface area is 229 Å². The smallest absolute Gasteiger partial charge is 0.244 e. The zero-order valence-corrected chi connectivity index (χ0v) is 24.7. The molecule has 37 heavy (non-hydrogen) atoms. The fraction of sp³-hybridized carbons (Fsp3) is 0.500. The van der Waals surface area contributed by atoms with E-state index >= 15 is 0 Å². The molecule has 0 heterocycles. The SMILES string of the molecule is C[C@H](C(=O)NC1CCCC1)N(Cc1cccc(Br)c1)C(=O)CN(c1ccc(C(C)(C)C)cc1)S(C)(=O)=O. The largest absolute Gasteiger partial charge is 0.352 e. The molecule has 1 atom stereocenters. The first-order valence-corrected chi connectivity index (χ1v) is 15.3. The Morgan fingerprint density at radius 2 is 1.70 bits per heavy atom. The van der Waals surface area contributed by atoms with Crippen molar-refractivity contribution in [3.05, 3.63) is 64.1 Å². The van der Waals surface area contributed by atoms with Crippen LogP contribution in [0.2, 0.25) is 0 Å². The predicted molar refractivity (Wildman–Crippen MR) is 152 cm³/mol. The second-order valence-corrected chi connectivity index (χ2v) is 13.7. The van der Waals surface area contributed by atoms with Gasteiger partial charge in [-0.15, -0.1) is 0 Å². The van der Waals surface area contributed by atoms with Crippen LogP contribution >= 0.6 is 15.9 Å². The second kappa shape index (κ2) is 12.0. The highest BCUT2D eigenvalue weighted by Crippen LogP contribution is 2.26. The quantitative estimate of drug-likeness (QED) is 0.445. The standard InChI is InChI=1S/C28H38BrN3O4S/c1-20(27(34)30-24-11-6-7-12-24)31(18-21-9-8-10-23(29)17-21)26(33)19-32(37(5,35)36)25-15-13-22(14-16-25)28(2,3)4/h8-10,13-17,20,24H,6-7,11-12,18-19H2,1-5H3,(H,30,34)/t20-/m1/s1. The normalized spacial score (nSPS) is 15.3. The van der Waals surface area contributed by atoms with Crippen molar-refractivity contribution >= 4 is 43.5 Å². The third-order valence-electron chi connectivity index (χ3n) is 6.81. The summed E-state index contributed by atoms with van der Waals surface area (Å²) >= 11 is 3.46. The van der Waals surface area contributed by atoms with Crippen molar-refractivity contribution in [3.63, 3.8) is 0 Å². The summed E-state index contributed by atoms with van der Waals surface area (Å²) in [4.78, 5) is 28.3. The lowest BCUT2D eigenvalue weighted by atomic mass is 9.87. The molecule has 0 spiro atoms. The van der Waals surface area contributed by atoms with E-state index in [2.05, 4.69) is 42.0 Å². The van der Waals surface area contributed by atoms with Crippen LogP contribution in [0.5, 0.6) is 0 Å². The summed E-state index contributed by atoms with van der Waals surface area (Å²) in [5.41, 5.74) is 2.22. The Morgan fingerprint density at radius 3 is 2.24 bits per heavy atom. The van der Waals surface area contributed by atoms with Crippen LogP contribution in [-0.4, -0.2) is 50.0 Å². The van der Waals surface area contributed by atoms with Crippen LogP contribution in [0.15, 0.2) is 53.0 Å². The molecule has 1 fully saturated rings. The van der Waals surface area contributed by atoms with E-state index in [1.807, 2.05) is 36.4 Å². The van der Waals surface area contributed by atoms with E-state index in [1.54, 1.807) is 19.1 Å². The Balaban J connectivity index is 1.88. The van der Waals surface area contributed by atoms with Gasteiger partial charge in [-0.3, -0.25) is 13.9 Å². The number of halogens is 1. The molecule has 1 N–H and O–H groups in total. The molecular weight excluding hydrogens is 554 g/mol. The molecule has 1 aliphatic carbocycles. The Kier molecular flexibility index (Phi) is 9.45. The van der Waals surface area contributed by atoms with Crippen molar-refractivity contribution in [2.45, 2.75) is 77.4 Å². The highest BCUT2D eigenvalue weighted by molar-refractivity contribution is 9.10. The highest BCUT2D eigenvalue weighted by Gasteiger charge is 2.31. The number of carbonyl (C=O) groups is 2. The lowest BCUT2D eigenvalue weighted by Gasteiger charge is -2.32. The highest BCUT2D eigenvalue weighted by atomic mass is 79.9. The van der Waals surface area contributed by atoms with Crippen molar-refractivity contribution in [2.24, 2.45) is 0 Å². The maximum Gasteiger partial charge on any atom is 0.244 e. The number of hydrogen-bond donors (Lipinski definition) is 1. The molecule has 2 aromatic rings. The molecule has 2 aromatic carbocycles. The minimum absolute atomic E-state index is 0.0901. The van der Waals surface area contributed by atoms with E-state index < -0.39 is 28.5 Å². The Morgan fingerprint density at radius 1 is 1.08 bits per heavy atom. The first kappa shape index (κ1) is 29.2. The molecule has 0 aromatic heterocycles. The third kappa shape index (κ3) is 8.04. The zero-order valence-electron chi connectivity index (χ0n) is 22.3. The maximum absolute atomic E-state index is 13.7. The molecule has 2 amide bonds. The maximum atomic E-state index is 13.7. The molecule has 0 saturated heterocycles. The number of hydrogen-bond acceptors (Lipinski definition) is 4. The molecule has 1 aliphatic rings. The van der Waals surface area contributed by atoms with Crippen LogP contribution in [0.25, 0.3) is 0 Å². The van der Waals surface area contributed by atoms with Crippen molar-refractivity contribution in [2.75, 3.05) is 17.1 Å². The third-order valence-corrected chi connectivity index (χ3v) is 8.45. The van der Waals surface area contributed by atoms with Crippen LogP contribution in [-0.2, 0) is 31.6 Å². The monoisotopic (exact) mass is 591 g/mol. The molecule has 3 rings (SSSR count). The van der Waals surface area contributed by atoms with Crippen LogP contribution in [0.3, 0.4) is 0 Å². The Hall–Kier alpha value is -2.39. The fourth-order valence-electron chi connectivity index (χ4n) is 4.55. The van der Waals surface area contributed by atoms with Gasteiger partial charge in [0.2, 0.25) is 21.8 Å². The van der Waals surface area contributed by atoms with Crippen LogP contribution in [0, 0.1) is 0 Å². The van der Waals surface area contributed by atoms with Gasteiger partial charge in [-0.2, -0.15) is 0 Å². The van der Waals surface area contributed by atoms with Crippen molar-refractivity contribution < 1.29 is 18.0 Å². The lowest BCUT2D eigenvalue weighted by Crippen LogP contribution is -2.52. The summed E-state index contributed by atoms with van der Waals surface area (Å²) in [7, 11) is -3.76. The number of anilines is 1. The molecule has 202 valence electrons. The molecule has 1 saturated carbocycles. The van der Waals surface area contributed by atoms with E-state index in [0.29, 0.717) is 5.69 Å². The van der Waals surface area contributed by atoms with Crippen LogP contribution in [0.4, 0.5) is 5.69 Å². The predicted octanol–water partition coefficient (Wildman–Crippen LogP) is 4.99. The van der Waals surface area contributed by atoms with Gasteiger partial charge >= 0.3 is 0 Å². The number of nitrogens with one attached hydrogen (secondary N) is 1. The van der Waals surface area contributed by atoms with Crippen LogP contribution in [0.1, 0.15) is 64.5 Å². The van der Waals surface area contributed by atoms with E-state index in [-0.39, 0.29) is 23.9 Å². The van der Waals surface area contributed by atoms with Gasteiger partial charge in [-0.25, -0.2) is 8.42 Å². The number of carbonyl (C=O) groups excluding carboxylic acids is 2. The second-order valence-electron chi connectivity index (χ2n) is 10.9. The summed E-state index contributed by atoms with van der Waals surface area (Å²) in [5, 5.41) is 3.07.